The van der Waals surface area contributed by atoms with Crippen LogP contribution in [0.3, 0.4) is 0 Å². The lowest BCUT2D eigenvalue weighted by atomic mass is 9.84. The number of rotatable bonds is 3. The number of anilines is 1. The highest BCUT2D eigenvalue weighted by molar-refractivity contribution is 6.30. The molecule has 2 aliphatic heterocycles. The molecule has 1 aromatic heterocycles. The molecule has 3 heterocycles. The summed E-state index contributed by atoms with van der Waals surface area (Å²) in [5.41, 5.74) is 5.02. The molecule has 7 heteroatoms. The molecule has 158 valence electrons. The summed E-state index contributed by atoms with van der Waals surface area (Å²) in [6.07, 6.45) is 1.23. The maximum Gasteiger partial charge on any atom is 0.226 e. The van der Waals surface area contributed by atoms with E-state index in [1.165, 1.54) is 0 Å². The van der Waals surface area contributed by atoms with Crippen molar-refractivity contribution in [1.29, 1.82) is 0 Å². The molecule has 2 atom stereocenters. The summed E-state index contributed by atoms with van der Waals surface area (Å²) in [4.78, 5) is 4.46. The van der Waals surface area contributed by atoms with E-state index in [1.807, 2.05) is 65.3 Å². The third-order valence-electron chi connectivity index (χ3n) is 5.91. The fourth-order valence-electron chi connectivity index (χ4n) is 4.45. The first-order chi connectivity index (χ1) is 15.7. The van der Waals surface area contributed by atoms with Gasteiger partial charge in [-0.1, -0.05) is 54.1 Å². The van der Waals surface area contributed by atoms with Crippen LogP contribution >= 0.6 is 11.6 Å². The average Bonchev–Trinajstić information content (AvgIpc) is 3.31. The Morgan fingerprint density at radius 3 is 2.59 bits per heavy atom. The molecular formula is C25H19ClN4O2. The van der Waals surface area contributed by atoms with Gasteiger partial charge in [0.25, 0.3) is 0 Å². The van der Waals surface area contributed by atoms with Gasteiger partial charge in [0.1, 0.15) is 30.0 Å². The minimum atomic E-state index is -0.334. The van der Waals surface area contributed by atoms with Gasteiger partial charge in [-0.2, -0.15) is 10.1 Å². The van der Waals surface area contributed by atoms with Crippen molar-refractivity contribution in [3.05, 3.63) is 106 Å². The maximum atomic E-state index is 6.60. The number of hydrogen-bond acceptors (Lipinski definition) is 5. The van der Waals surface area contributed by atoms with Gasteiger partial charge in [0.15, 0.2) is 0 Å². The maximum absolute atomic E-state index is 6.60. The monoisotopic (exact) mass is 442 g/mol. The summed E-state index contributed by atoms with van der Waals surface area (Å²) in [7, 11) is 1.66. The summed E-state index contributed by atoms with van der Waals surface area (Å²) in [5.74, 6) is 2.24. The number of nitrogens with one attached hydrogen (secondary N) is 1. The van der Waals surface area contributed by atoms with Crippen LogP contribution in [0.1, 0.15) is 28.8 Å². The van der Waals surface area contributed by atoms with E-state index in [9.17, 15) is 0 Å². The Bertz CT molecular complexity index is 1330. The molecule has 0 saturated heterocycles. The largest absolute Gasteiger partial charge is 0.497 e. The van der Waals surface area contributed by atoms with Gasteiger partial charge in [0.2, 0.25) is 5.95 Å². The van der Waals surface area contributed by atoms with Crippen molar-refractivity contribution in [2.75, 3.05) is 12.4 Å². The predicted molar refractivity (Wildman–Crippen MR) is 123 cm³/mol. The van der Waals surface area contributed by atoms with Crippen molar-refractivity contribution < 1.29 is 9.47 Å². The topological polar surface area (TPSA) is 61.2 Å². The Labute approximate surface area is 190 Å². The number of ether oxygens (including phenoxy) is 2. The zero-order valence-corrected chi connectivity index (χ0v) is 18.0. The standard InChI is InChI=1S/C25H19ClN4O2/c1-31-18-10-7-16(8-11-18)24-21-22(19-13-17(26)9-12-20(19)32-24)29-25-27-14-28-30(25)23(21)15-5-3-2-4-6-15/h2-14,23-24H,1H3,(H,27,28,29)/t23-,24+/m1/s1. The van der Waals surface area contributed by atoms with Crippen molar-refractivity contribution in [1.82, 2.24) is 14.8 Å². The number of nitrogens with zero attached hydrogens (tertiary/aromatic N) is 3. The van der Waals surface area contributed by atoms with Gasteiger partial charge in [-0.3, -0.25) is 0 Å². The highest BCUT2D eigenvalue weighted by Gasteiger charge is 2.40. The van der Waals surface area contributed by atoms with Crippen LogP contribution in [-0.4, -0.2) is 21.9 Å². The van der Waals surface area contributed by atoms with E-state index in [4.69, 9.17) is 21.1 Å². The molecule has 6 rings (SSSR count). The number of methoxy groups -OCH3 is 1. The Morgan fingerprint density at radius 2 is 1.81 bits per heavy atom. The smallest absolute Gasteiger partial charge is 0.226 e. The molecule has 0 spiro atoms. The van der Waals surface area contributed by atoms with Crippen LogP contribution in [0.15, 0.2) is 84.7 Å². The number of hydrogen-bond donors (Lipinski definition) is 1. The van der Waals surface area contributed by atoms with Gasteiger partial charge in [-0.05, 0) is 41.5 Å². The minimum Gasteiger partial charge on any atom is -0.497 e. The molecule has 32 heavy (non-hydrogen) atoms. The van der Waals surface area contributed by atoms with Gasteiger partial charge in [0.05, 0.1) is 12.8 Å². The highest BCUT2D eigenvalue weighted by atomic mass is 35.5. The van der Waals surface area contributed by atoms with Crippen molar-refractivity contribution in [2.45, 2.75) is 12.1 Å². The van der Waals surface area contributed by atoms with Gasteiger partial charge in [-0.25, -0.2) is 4.68 Å². The molecule has 0 fully saturated rings. The van der Waals surface area contributed by atoms with Gasteiger partial charge in [-0.15, -0.1) is 0 Å². The normalized spacial score (nSPS) is 18.7. The predicted octanol–water partition coefficient (Wildman–Crippen LogP) is 5.50. The molecular weight excluding hydrogens is 424 g/mol. The minimum absolute atomic E-state index is 0.191. The van der Waals surface area contributed by atoms with E-state index in [2.05, 4.69) is 27.5 Å². The molecule has 1 N–H and O–H groups in total. The third kappa shape index (κ3) is 2.95. The molecule has 6 nitrogen and oxygen atoms in total. The van der Waals surface area contributed by atoms with E-state index in [-0.39, 0.29) is 12.1 Å². The molecule has 4 aromatic rings. The second-order valence-electron chi connectivity index (χ2n) is 7.71. The van der Waals surface area contributed by atoms with Crippen LogP contribution in [0.4, 0.5) is 5.95 Å². The molecule has 2 aliphatic rings. The SMILES string of the molecule is COc1ccc([C@@H]2Oc3ccc(Cl)cc3C3=C2[C@@H](c2ccccc2)n2ncnc2N3)cc1. The van der Waals surface area contributed by atoms with E-state index < -0.39 is 0 Å². The summed E-state index contributed by atoms with van der Waals surface area (Å²) in [6.45, 7) is 0. The summed E-state index contributed by atoms with van der Waals surface area (Å²) < 4.78 is 13.9. The van der Waals surface area contributed by atoms with Crippen LogP contribution in [-0.2, 0) is 0 Å². The van der Waals surface area contributed by atoms with Gasteiger partial charge >= 0.3 is 0 Å². The van der Waals surface area contributed by atoms with E-state index >= 15 is 0 Å². The third-order valence-corrected chi connectivity index (χ3v) is 6.14. The number of halogens is 1. The quantitative estimate of drug-likeness (QED) is 0.454. The van der Waals surface area contributed by atoms with Crippen LogP contribution < -0.4 is 14.8 Å². The fraction of sp³-hybridized carbons (Fsp3) is 0.120. The molecule has 0 radical (unpaired) electrons. The Kier molecular flexibility index (Phi) is 4.40. The summed E-state index contributed by atoms with van der Waals surface area (Å²) in [5, 5.41) is 8.68. The molecule has 0 amide bonds. The number of benzene rings is 3. The van der Waals surface area contributed by atoms with Crippen molar-refractivity contribution in [3.8, 4) is 11.5 Å². The van der Waals surface area contributed by atoms with E-state index in [0.29, 0.717) is 11.0 Å². The van der Waals surface area contributed by atoms with Crippen LogP contribution in [0, 0.1) is 0 Å². The lowest BCUT2D eigenvalue weighted by Gasteiger charge is -2.39. The molecule has 0 unspecified atom stereocenters. The van der Waals surface area contributed by atoms with Crippen LogP contribution in [0.25, 0.3) is 5.70 Å². The van der Waals surface area contributed by atoms with Gasteiger partial charge < -0.3 is 14.8 Å². The molecule has 0 bridgehead atoms. The lowest BCUT2D eigenvalue weighted by molar-refractivity contribution is 0.223. The van der Waals surface area contributed by atoms with Crippen molar-refractivity contribution in [2.24, 2.45) is 0 Å². The summed E-state index contributed by atoms with van der Waals surface area (Å²) >= 11 is 6.37. The van der Waals surface area contributed by atoms with Crippen molar-refractivity contribution in [3.63, 3.8) is 0 Å². The number of fused-ring (bicyclic) bond motifs is 3. The first kappa shape index (κ1) is 19.0. The Balaban J connectivity index is 1.61. The Morgan fingerprint density at radius 1 is 1.00 bits per heavy atom. The van der Waals surface area contributed by atoms with Crippen molar-refractivity contribution >= 4 is 23.2 Å². The zero-order chi connectivity index (χ0) is 21.7. The van der Waals surface area contributed by atoms with E-state index in [0.717, 1.165) is 39.5 Å². The van der Waals surface area contributed by atoms with Crippen LogP contribution in [0.2, 0.25) is 5.02 Å². The molecule has 0 aliphatic carbocycles. The second-order valence-corrected chi connectivity index (χ2v) is 8.14. The fourth-order valence-corrected chi connectivity index (χ4v) is 4.62. The first-order valence-electron chi connectivity index (χ1n) is 10.3. The summed E-state index contributed by atoms with van der Waals surface area (Å²) in [6, 6.07) is 23.7. The van der Waals surface area contributed by atoms with Crippen LogP contribution in [0.5, 0.6) is 11.5 Å². The zero-order valence-electron chi connectivity index (χ0n) is 17.2. The average molecular weight is 443 g/mol. The lowest BCUT2D eigenvalue weighted by Crippen LogP contribution is -2.32. The molecule has 0 saturated carbocycles. The first-order valence-corrected chi connectivity index (χ1v) is 10.7. The molecule has 3 aromatic carbocycles. The van der Waals surface area contributed by atoms with E-state index in [1.54, 1.807) is 13.4 Å². The van der Waals surface area contributed by atoms with Gasteiger partial charge in [0, 0.05) is 16.2 Å². The number of aromatic nitrogens is 3. The highest BCUT2D eigenvalue weighted by Crippen LogP contribution is 2.51. The Hall–Kier alpha value is -3.77. The second kappa shape index (κ2) is 7.43.